The monoisotopic (exact) mass is 707 g/mol. The van der Waals surface area contributed by atoms with E-state index in [1.54, 1.807) is 0 Å². The van der Waals surface area contributed by atoms with Crippen LogP contribution in [0.4, 0.5) is 0 Å². The topological polar surface area (TPSA) is 110 Å². The van der Waals surface area contributed by atoms with Gasteiger partial charge in [0.25, 0.3) is 5.56 Å². The Labute approximate surface area is 306 Å². The summed E-state index contributed by atoms with van der Waals surface area (Å²) in [6.45, 7) is 6.19. The van der Waals surface area contributed by atoms with Crippen LogP contribution in [-0.2, 0) is 14.2 Å². The van der Waals surface area contributed by atoms with E-state index in [-0.39, 0.29) is 18.9 Å². The third-order valence-electron chi connectivity index (χ3n) is 9.65. The van der Waals surface area contributed by atoms with Gasteiger partial charge in [0.1, 0.15) is 11.8 Å². The molecule has 50 heavy (non-hydrogen) atoms. The summed E-state index contributed by atoms with van der Waals surface area (Å²) in [5.74, 6) is -0.760. The molecule has 1 aromatic rings. The molecule has 2 N–H and O–H groups in total. The number of esters is 1. The molecule has 0 fully saturated rings. The minimum atomic E-state index is -0.760. The molecule has 8 heteroatoms. The summed E-state index contributed by atoms with van der Waals surface area (Å²) in [5, 5.41) is 0. The molecule has 0 aromatic carbocycles. The van der Waals surface area contributed by atoms with Gasteiger partial charge in [-0.2, -0.15) is 0 Å². The average molecular weight is 707 g/mol. The molecule has 1 heterocycles. The van der Waals surface area contributed by atoms with Gasteiger partial charge in [-0.3, -0.25) is 9.78 Å². The minimum Gasteiger partial charge on any atom is -0.453 e. The van der Waals surface area contributed by atoms with Crippen LogP contribution in [0.3, 0.4) is 0 Å². The van der Waals surface area contributed by atoms with Gasteiger partial charge < -0.3 is 19.2 Å². The van der Waals surface area contributed by atoms with Crippen LogP contribution >= 0.6 is 0 Å². The number of aromatic nitrogens is 2. The van der Waals surface area contributed by atoms with Crippen LogP contribution in [0.1, 0.15) is 217 Å². The van der Waals surface area contributed by atoms with E-state index in [1.165, 1.54) is 167 Å². The molecule has 0 aliphatic rings. The molecular formula is C42H78N2O6. The lowest BCUT2D eigenvalue weighted by atomic mass is 10.0. The Hall–Kier alpha value is -1.93. The number of carbonyl (C=O) groups is 1. The van der Waals surface area contributed by atoms with Crippen LogP contribution in [0, 0.1) is 0 Å². The second kappa shape index (κ2) is 35.5. The Morgan fingerprint density at radius 2 is 0.820 bits per heavy atom. The van der Waals surface area contributed by atoms with Gasteiger partial charge in [0.2, 0.25) is 0 Å². The fraction of sp³-hybridized carbons (Fsp3) is 0.881. The Kier molecular flexibility index (Phi) is 32.7. The van der Waals surface area contributed by atoms with E-state index in [0.29, 0.717) is 13.2 Å². The Bertz CT molecular complexity index is 927. The van der Waals surface area contributed by atoms with Crippen LogP contribution in [0.5, 0.6) is 0 Å². The summed E-state index contributed by atoms with van der Waals surface area (Å²) in [5.41, 5.74) is -1.56. The fourth-order valence-corrected chi connectivity index (χ4v) is 6.49. The Balaban J connectivity index is 2.15. The van der Waals surface area contributed by atoms with E-state index >= 15 is 0 Å². The number of carbonyl (C=O) groups excluding carboxylic acids is 1. The Morgan fingerprint density at radius 3 is 1.14 bits per heavy atom. The number of unbranched alkanes of at least 4 members (excludes halogenated alkanes) is 28. The molecule has 0 saturated heterocycles. The standard InChI is InChI=1S/C42H78N2O6/c1-3-5-7-9-11-13-15-17-19-21-23-25-27-29-31-33-48-36-38(50-41(46)39-35-40(45)44-42(47)43-39)37-49-34-32-30-28-26-24-22-20-18-16-14-12-10-8-6-4-2/h35,38H,3-34,36-37H2,1-2H3,(H2,43,44,45,47). The smallest absolute Gasteiger partial charge is 0.355 e. The van der Waals surface area contributed by atoms with Crippen molar-refractivity contribution in [3.8, 4) is 0 Å². The number of hydrogen-bond donors (Lipinski definition) is 2. The summed E-state index contributed by atoms with van der Waals surface area (Å²) in [4.78, 5) is 40.4. The zero-order valence-corrected chi connectivity index (χ0v) is 32.6. The molecule has 1 aromatic heterocycles. The molecule has 0 aliphatic heterocycles. The zero-order valence-electron chi connectivity index (χ0n) is 32.6. The third kappa shape index (κ3) is 29.8. The number of H-pyrrole nitrogens is 2. The van der Waals surface area contributed by atoms with Crippen LogP contribution in [0.25, 0.3) is 0 Å². The molecule has 0 spiro atoms. The van der Waals surface area contributed by atoms with Crippen molar-refractivity contribution in [2.45, 2.75) is 213 Å². The normalized spacial score (nSPS) is 11.5. The molecule has 1 rings (SSSR count). The van der Waals surface area contributed by atoms with Crippen molar-refractivity contribution in [1.29, 1.82) is 0 Å². The van der Waals surface area contributed by atoms with E-state index < -0.39 is 23.3 Å². The predicted molar refractivity (Wildman–Crippen MR) is 208 cm³/mol. The summed E-state index contributed by atoms with van der Waals surface area (Å²) in [6.07, 6.45) is 38.9. The highest BCUT2D eigenvalue weighted by molar-refractivity contribution is 5.87. The molecule has 0 radical (unpaired) electrons. The van der Waals surface area contributed by atoms with Crippen molar-refractivity contribution < 1.29 is 19.0 Å². The lowest BCUT2D eigenvalue weighted by Gasteiger charge is -2.18. The summed E-state index contributed by atoms with van der Waals surface area (Å²) >= 11 is 0. The third-order valence-corrected chi connectivity index (χ3v) is 9.65. The van der Waals surface area contributed by atoms with E-state index in [0.717, 1.165) is 31.7 Å². The first-order valence-electron chi connectivity index (χ1n) is 21.3. The lowest BCUT2D eigenvalue weighted by Crippen LogP contribution is -2.31. The fourth-order valence-electron chi connectivity index (χ4n) is 6.49. The van der Waals surface area contributed by atoms with E-state index in [9.17, 15) is 14.4 Å². The van der Waals surface area contributed by atoms with Gasteiger partial charge in [0.05, 0.1) is 13.2 Å². The molecule has 292 valence electrons. The number of hydrogen-bond acceptors (Lipinski definition) is 6. The zero-order chi connectivity index (χ0) is 36.2. The Morgan fingerprint density at radius 1 is 0.500 bits per heavy atom. The predicted octanol–water partition coefficient (Wildman–Crippen LogP) is 11.4. The maximum Gasteiger partial charge on any atom is 0.355 e. The van der Waals surface area contributed by atoms with Gasteiger partial charge in [0, 0.05) is 19.3 Å². The summed E-state index contributed by atoms with van der Waals surface area (Å²) in [6, 6.07) is 1.04. The molecular weight excluding hydrogens is 628 g/mol. The first kappa shape index (κ1) is 46.1. The summed E-state index contributed by atoms with van der Waals surface area (Å²) < 4.78 is 17.4. The van der Waals surface area contributed by atoms with Gasteiger partial charge in [-0.15, -0.1) is 0 Å². The van der Waals surface area contributed by atoms with Gasteiger partial charge in [-0.1, -0.05) is 194 Å². The quantitative estimate of drug-likeness (QED) is 0.0523. The van der Waals surface area contributed by atoms with Gasteiger partial charge in [-0.05, 0) is 12.8 Å². The highest BCUT2D eigenvalue weighted by atomic mass is 16.6. The van der Waals surface area contributed by atoms with E-state index in [2.05, 4.69) is 23.8 Å². The second-order valence-electron chi connectivity index (χ2n) is 14.6. The van der Waals surface area contributed by atoms with Crippen molar-refractivity contribution in [2.75, 3.05) is 26.4 Å². The number of nitrogens with one attached hydrogen (secondary N) is 2. The summed E-state index contributed by atoms with van der Waals surface area (Å²) in [7, 11) is 0. The SMILES string of the molecule is CCCCCCCCCCCCCCCCCOCC(COCCCCCCCCCCCCCCCCC)OC(=O)c1cc(=O)[nH]c(=O)[nH]1. The maximum absolute atomic E-state index is 12.7. The largest absolute Gasteiger partial charge is 0.453 e. The van der Waals surface area contributed by atoms with Crippen LogP contribution in [-0.4, -0.2) is 48.5 Å². The highest BCUT2D eigenvalue weighted by Gasteiger charge is 2.18. The van der Waals surface area contributed by atoms with Crippen LogP contribution < -0.4 is 11.2 Å². The van der Waals surface area contributed by atoms with Crippen molar-refractivity contribution in [1.82, 2.24) is 9.97 Å². The van der Waals surface area contributed by atoms with E-state index in [1.807, 2.05) is 0 Å². The molecule has 0 atom stereocenters. The van der Waals surface area contributed by atoms with Crippen LogP contribution in [0.2, 0.25) is 0 Å². The van der Waals surface area contributed by atoms with Crippen LogP contribution in [0.15, 0.2) is 15.7 Å². The molecule has 0 amide bonds. The van der Waals surface area contributed by atoms with Crippen molar-refractivity contribution in [3.05, 3.63) is 32.6 Å². The average Bonchev–Trinajstić information content (AvgIpc) is 3.10. The second-order valence-corrected chi connectivity index (χ2v) is 14.6. The van der Waals surface area contributed by atoms with Crippen molar-refractivity contribution in [3.63, 3.8) is 0 Å². The minimum absolute atomic E-state index is 0.173. The number of ether oxygens (including phenoxy) is 3. The highest BCUT2D eigenvalue weighted by Crippen LogP contribution is 2.15. The van der Waals surface area contributed by atoms with Gasteiger partial charge in [0.15, 0.2) is 0 Å². The molecule has 0 unspecified atom stereocenters. The number of rotatable bonds is 38. The van der Waals surface area contributed by atoms with E-state index in [4.69, 9.17) is 14.2 Å². The first-order chi connectivity index (χ1) is 24.6. The first-order valence-corrected chi connectivity index (χ1v) is 21.3. The molecule has 8 nitrogen and oxygen atoms in total. The van der Waals surface area contributed by atoms with Crippen molar-refractivity contribution >= 4 is 5.97 Å². The number of aromatic amines is 2. The molecule has 0 saturated carbocycles. The maximum atomic E-state index is 12.7. The van der Waals surface area contributed by atoms with Gasteiger partial charge >= 0.3 is 11.7 Å². The lowest BCUT2D eigenvalue weighted by molar-refractivity contribution is -0.0411. The molecule has 0 aliphatic carbocycles. The van der Waals surface area contributed by atoms with Gasteiger partial charge in [-0.25, -0.2) is 9.59 Å². The van der Waals surface area contributed by atoms with Crippen molar-refractivity contribution in [2.24, 2.45) is 0 Å². The molecule has 0 bridgehead atoms.